The predicted octanol–water partition coefficient (Wildman–Crippen LogP) is 0.704. The molecule has 0 aliphatic rings. The summed E-state index contributed by atoms with van der Waals surface area (Å²) in [4.78, 5) is 10.6. The SMILES string of the molecule is NC(=O)C(N)CNc1ccc(Cl)c(F)c1. The maximum atomic E-state index is 13.0. The Morgan fingerprint density at radius 2 is 2.27 bits per heavy atom. The van der Waals surface area contributed by atoms with Crippen LogP contribution >= 0.6 is 11.6 Å². The molecule has 82 valence electrons. The van der Waals surface area contributed by atoms with Gasteiger partial charge in [-0.1, -0.05) is 11.6 Å². The van der Waals surface area contributed by atoms with E-state index in [2.05, 4.69) is 5.32 Å². The molecular formula is C9H11ClFN3O. The van der Waals surface area contributed by atoms with Gasteiger partial charge < -0.3 is 16.8 Å². The van der Waals surface area contributed by atoms with Gasteiger partial charge in [-0.3, -0.25) is 4.79 Å². The maximum absolute atomic E-state index is 13.0. The van der Waals surface area contributed by atoms with Gasteiger partial charge in [-0.2, -0.15) is 0 Å². The van der Waals surface area contributed by atoms with Crippen molar-refractivity contribution in [3.63, 3.8) is 0 Å². The van der Waals surface area contributed by atoms with Crippen LogP contribution in [0.4, 0.5) is 10.1 Å². The van der Waals surface area contributed by atoms with Gasteiger partial charge in [-0.05, 0) is 18.2 Å². The van der Waals surface area contributed by atoms with Crippen LogP contribution in [0.15, 0.2) is 18.2 Å². The molecule has 0 heterocycles. The molecule has 1 aromatic rings. The fraction of sp³-hybridized carbons (Fsp3) is 0.222. The molecular weight excluding hydrogens is 221 g/mol. The summed E-state index contributed by atoms with van der Waals surface area (Å²) in [5, 5.41) is 2.81. The minimum absolute atomic E-state index is 0.0414. The lowest BCUT2D eigenvalue weighted by Crippen LogP contribution is -2.41. The van der Waals surface area contributed by atoms with Gasteiger partial charge in [-0.15, -0.1) is 0 Å². The minimum Gasteiger partial charge on any atom is -0.383 e. The lowest BCUT2D eigenvalue weighted by molar-refractivity contribution is -0.118. The van der Waals surface area contributed by atoms with Gasteiger partial charge in [0, 0.05) is 12.2 Å². The summed E-state index contributed by atoms with van der Waals surface area (Å²) in [5.74, 6) is -1.15. The van der Waals surface area contributed by atoms with Gasteiger partial charge in [0.1, 0.15) is 11.9 Å². The summed E-state index contributed by atoms with van der Waals surface area (Å²) in [6.45, 7) is 0.149. The molecule has 0 aliphatic heterocycles. The average Bonchev–Trinajstić information content (AvgIpc) is 2.19. The summed E-state index contributed by atoms with van der Waals surface area (Å²) in [5.41, 5.74) is 10.8. The van der Waals surface area contributed by atoms with Crippen LogP contribution in [0, 0.1) is 5.82 Å². The summed E-state index contributed by atoms with van der Waals surface area (Å²) >= 11 is 5.49. The highest BCUT2D eigenvalue weighted by Gasteiger charge is 2.08. The number of anilines is 1. The molecule has 0 bridgehead atoms. The van der Waals surface area contributed by atoms with Crippen molar-refractivity contribution in [2.45, 2.75) is 6.04 Å². The van der Waals surface area contributed by atoms with Gasteiger partial charge in [0.2, 0.25) is 5.91 Å². The zero-order valence-corrected chi connectivity index (χ0v) is 8.59. The molecule has 15 heavy (non-hydrogen) atoms. The van der Waals surface area contributed by atoms with Crippen LogP contribution in [0.2, 0.25) is 5.02 Å². The molecule has 0 saturated heterocycles. The number of halogens is 2. The van der Waals surface area contributed by atoms with Gasteiger partial charge in [0.25, 0.3) is 0 Å². The minimum atomic E-state index is -0.802. The molecule has 5 N–H and O–H groups in total. The Labute approximate surface area is 91.4 Å². The van der Waals surface area contributed by atoms with E-state index in [0.717, 1.165) is 0 Å². The average molecular weight is 232 g/mol. The molecule has 1 amide bonds. The standard InChI is InChI=1S/C9H11ClFN3O/c10-6-2-1-5(3-7(6)11)14-4-8(12)9(13)15/h1-3,8,14H,4,12H2,(H2,13,15). The largest absolute Gasteiger partial charge is 0.383 e. The third kappa shape index (κ3) is 3.38. The molecule has 1 aromatic carbocycles. The van der Waals surface area contributed by atoms with E-state index in [4.69, 9.17) is 23.1 Å². The van der Waals surface area contributed by atoms with Crippen LogP contribution in [0.1, 0.15) is 0 Å². The van der Waals surface area contributed by atoms with Crippen LogP contribution in [-0.4, -0.2) is 18.5 Å². The number of carbonyl (C=O) groups excluding carboxylic acids is 1. The van der Waals surface area contributed by atoms with E-state index in [1.54, 1.807) is 6.07 Å². The van der Waals surface area contributed by atoms with Crippen molar-refractivity contribution in [1.82, 2.24) is 0 Å². The maximum Gasteiger partial charge on any atom is 0.236 e. The van der Waals surface area contributed by atoms with Crippen LogP contribution < -0.4 is 16.8 Å². The van der Waals surface area contributed by atoms with E-state index in [9.17, 15) is 9.18 Å². The summed E-state index contributed by atoms with van der Waals surface area (Å²) < 4.78 is 13.0. The third-order valence-corrected chi connectivity index (χ3v) is 2.12. The number of amides is 1. The van der Waals surface area contributed by atoms with Crippen LogP contribution in [0.25, 0.3) is 0 Å². The van der Waals surface area contributed by atoms with Gasteiger partial charge in [0.15, 0.2) is 0 Å². The number of nitrogens with two attached hydrogens (primary N) is 2. The number of nitrogens with one attached hydrogen (secondary N) is 1. The highest BCUT2D eigenvalue weighted by Crippen LogP contribution is 2.18. The molecule has 1 unspecified atom stereocenters. The lowest BCUT2D eigenvalue weighted by Gasteiger charge is -2.10. The quantitative estimate of drug-likeness (QED) is 0.714. The van der Waals surface area contributed by atoms with Gasteiger partial charge in [-0.25, -0.2) is 4.39 Å². The van der Waals surface area contributed by atoms with Crippen molar-refractivity contribution in [1.29, 1.82) is 0 Å². The Bertz CT molecular complexity index is 372. The van der Waals surface area contributed by atoms with Crippen molar-refractivity contribution >= 4 is 23.2 Å². The number of rotatable bonds is 4. The Balaban J connectivity index is 2.58. The summed E-state index contributed by atoms with van der Waals surface area (Å²) in [7, 11) is 0. The smallest absolute Gasteiger partial charge is 0.236 e. The zero-order valence-electron chi connectivity index (χ0n) is 7.84. The Hall–Kier alpha value is -1.33. The molecule has 0 aromatic heterocycles. The summed E-state index contributed by atoms with van der Waals surface area (Å²) in [6, 6.07) is 3.41. The first-order valence-electron chi connectivity index (χ1n) is 4.24. The van der Waals surface area contributed by atoms with Gasteiger partial charge in [0.05, 0.1) is 5.02 Å². The summed E-state index contributed by atoms with van der Waals surface area (Å²) in [6.07, 6.45) is 0. The second-order valence-corrected chi connectivity index (χ2v) is 3.43. The van der Waals surface area contributed by atoms with Crippen molar-refractivity contribution < 1.29 is 9.18 Å². The molecule has 1 atom stereocenters. The third-order valence-electron chi connectivity index (χ3n) is 1.81. The van der Waals surface area contributed by atoms with Crippen LogP contribution in [-0.2, 0) is 4.79 Å². The normalized spacial score (nSPS) is 12.2. The molecule has 0 saturated carbocycles. The van der Waals surface area contributed by atoms with Gasteiger partial charge >= 0.3 is 0 Å². The topological polar surface area (TPSA) is 81.1 Å². The molecule has 0 radical (unpaired) electrons. The van der Waals surface area contributed by atoms with Crippen LogP contribution in [0.5, 0.6) is 0 Å². The van der Waals surface area contributed by atoms with E-state index in [-0.39, 0.29) is 11.6 Å². The van der Waals surface area contributed by atoms with E-state index >= 15 is 0 Å². The van der Waals surface area contributed by atoms with E-state index in [0.29, 0.717) is 5.69 Å². The first kappa shape index (κ1) is 11.7. The monoisotopic (exact) mass is 231 g/mol. The highest BCUT2D eigenvalue weighted by molar-refractivity contribution is 6.30. The van der Waals surface area contributed by atoms with Crippen molar-refractivity contribution in [2.75, 3.05) is 11.9 Å². The number of primary amides is 1. The molecule has 0 spiro atoms. The van der Waals surface area contributed by atoms with E-state index in [1.807, 2.05) is 0 Å². The van der Waals surface area contributed by atoms with E-state index in [1.165, 1.54) is 12.1 Å². The fourth-order valence-corrected chi connectivity index (χ4v) is 1.05. The molecule has 4 nitrogen and oxygen atoms in total. The lowest BCUT2D eigenvalue weighted by atomic mass is 10.2. The Morgan fingerprint density at radius 1 is 1.60 bits per heavy atom. The van der Waals surface area contributed by atoms with Crippen molar-refractivity contribution in [3.05, 3.63) is 29.0 Å². The number of carbonyl (C=O) groups is 1. The Kier molecular flexibility index (Phi) is 3.88. The second kappa shape index (κ2) is 4.95. The van der Waals surface area contributed by atoms with Crippen molar-refractivity contribution in [2.24, 2.45) is 11.5 Å². The fourth-order valence-electron chi connectivity index (χ4n) is 0.934. The molecule has 6 heteroatoms. The predicted molar refractivity (Wildman–Crippen MR) is 57.1 cm³/mol. The molecule has 0 fully saturated rings. The van der Waals surface area contributed by atoms with Crippen LogP contribution in [0.3, 0.4) is 0 Å². The second-order valence-electron chi connectivity index (χ2n) is 3.02. The number of benzene rings is 1. The van der Waals surface area contributed by atoms with E-state index < -0.39 is 17.8 Å². The zero-order chi connectivity index (χ0) is 11.4. The molecule has 1 rings (SSSR count). The highest BCUT2D eigenvalue weighted by atomic mass is 35.5. The number of hydrogen-bond acceptors (Lipinski definition) is 3. The number of hydrogen-bond donors (Lipinski definition) is 3. The first-order valence-corrected chi connectivity index (χ1v) is 4.62. The molecule has 0 aliphatic carbocycles. The Morgan fingerprint density at radius 3 is 2.80 bits per heavy atom. The first-order chi connectivity index (χ1) is 7.00. The van der Waals surface area contributed by atoms with Crippen molar-refractivity contribution in [3.8, 4) is 0 Å².